The highest BCUT2D eigenvalue weighted by Gasteiger charge is 2.09. The maximum atomic E-state index is 13.0. The van der Waals surface area contributed by atoms with Crippen LogP contribution in [0.2, 0.25) is 0 Å². The SMILES string of the molecule is Fc1ccc(-c2cnc3[nH]cc(-c4ccoc4)c3c2)cc1. The lowest BCUT2D eigenvalue weighted by molar-refractivity contribution is 0.568. The quantitative estimate of drug-likeness (QED) is 0.581. The van der Waals surface area contributed by atoms with Crippen molar-refractivity contribution < 1.29 is 8.81 Å². The van der Waals surface area contributed by atoms with Crippen molar-refractivity contribution in [3.05, 3.63) is 67.1 Å². The van der Waals surface area contributed by atoms with Crippen LogP contribution in [-0.4, -0.2) is 9.97 Å². The van der Waals surface area contributed by atoms with Crippen LogP contribution in [0.5, 0.6) is 0 Å². The molecule has 0 saturated heterocycles. The number of pyridine rings is 1. The van der Waals surface area contributed by atoms with Crippen LogP contribution in [0.25, 0.3) is 33.3 Å². The summed E-state index contributed by atoms with van der Waals surface area (Å²) in [4.78, 5) is 7.58. The van der Waals surface area contributed by atoms with Gasteiger partial charge < -0.3 is 9.40 Å². The van der Waals surface area contributed by atoms with E-state index in [4.69, 9.17) is 4.42 Å². The van der Waals surface area contributed by atoms with E-state index < -0.39 is 0 Å². The molecule has 4 rings (SSSR count). The normalized spacial score (nSPS) is 11.1. The van der Waals surface area contributed by atoms with Gasteiger partial charge in [-0.05, 0) is 29.8 Å². The largest absolute Gasteiger partial charge is 0.472 e. The van der Waals surface area contributed by atoms with Crippen LogP contribution in [0.15, 0.2) is 65.7 Å². The molecular formula is C17H11FN2O. The fourth-order valence-electron chi connectivity index (χ4n) is 2.46. The molecular weight excluding hydrogens is 267 g/mol. The lowest BCUT2D eigenvalue weighted by Crippen LogP contribution is -1.83. The standard InChI is InChI=1S/C17H11FN2O/c18-14-3-1-11(2-4-14)13-7-15-16(12-5-6-21-10-12)9-20-17(15)19-8-13/h1-10H,(H,19,20). The first-order valence-corrected chi connectivity index (χ1v) is 6.57. The molecule has 0 bridgehead atoms. The van der Waals surface area contributed by atoms with E-state index in [1.807, 2.05) is 12.3 Å². The topological polar surface area (TPSA) is 41.8 Å². The van der Waals surface area contributed by atoms with Crippen LogP contribution in [0, 0.1) is 5.82 Å². The Morgan fingerprint density at radius 1 is 1.00 bits per heavy atom. The summed E-state index contributed by atoms with van der Waals surface area (Å²) in [5.74, 6) is -0.242. The lowest BCUT2D eigenvalue weighted by Gasteiger charge is -2.02. The van der Waals surface area contributed by atoms with E-state index in [2.05, 4.69) is 16.0 Å². The number of aromatic nitrogens is 2. The summed E-state index contributed by atoms with van der Waals surface area (Å²) in [7, 11) is 0. The summed E-state index contributed by atoms with van der Waals surface area (Å²) in [6, 6.07) is 10.4. The first kappa shape index (κ1) is 11.9. The fraction of sp³-hybridized carbons (Fsp3) is 0. The predicted octanol–water partition coefficient (Wildman–Crippen LogP) is 4.63. The molecule has 21 heavy (non-hydrogen) atoms. The van der Waals surface area contributed by atoms with Crippen LogP contribution in [0.4, 0.5) is 4.39 Å². The van der Waals surface area contributed by atoms with E-state index in [0.717, 1.165) is 33.3 Å². The first-order valence-electron chi connectivity index (χ1n) is 6.57. The van der Waals surface area contributed by atoms with Crippen molar-refractivity contribution in [3.8, 4) is 22.3 Å². The molecule has 0 saturated carbocycles. The van der Waals surface area contributed by atoms with Crippen molar-refractivity contribution in [2.45, 2.75) is 0 Å². The minimum Gasteiger partial charge on any atom is -0.472 e. The molecule has 3 nitrogen and oxygen atoms in total. The molecule has 102 valence electrons. The van der Waals surface area contributed by atoms with Crippen molar-refractivity contribution in [1.29, 1.82) is 0 Å². The molecule has 4 aromatic rings. The zero-order valence-electron chi connectivity index (χ0n) is 11.0. The van der Waals surface area contributed by atoms with E-state index in [9.17, 15) is 4.39 Å². The van der Waals surface area contributed by atoms with Gasteiger partial charge in [-0.25, -0.2) is 9.37 Å². The van der Waals surface area contributed by atoms with E-state index in [1.165, 1.54) is 12.1 Å². The van der Waals surface area contributed by atoms with E-state index in [1.54, 1.807) is 30.9 Å². The van der Waals surface area contributed by atoms with Crippen molar-refractivity contribution in [2.75, 3.05) is 0 Å². The van der Waals surface area contributed by atoms with Gasteiger partial charge in [-0.1, -0.05) is 12.1 Å². The van der Waals surface area contributed by atoms with Crippen molar-refractivity contribution in [3.63, 3.8) is 0 Å². The van der Waals surface area contributed by atoms with Crippen LogP contribution < -0.4 is 0 Å². The highest BCUT2D eigenvalue weighted by molar-refractivity contribution is 5.95. The number of H-pyrrole nitrogens is 1. The fourth-order valence-corrected chi connectivity index (χ4v) is 2.46. The maximum Gasteiger partial charge on any atom is 0.137 e. The van der Waals surface area contributed by atoms with E-state index in [-0.39, 0.29) is 5.82 Å². The summed E-state index contributed by atoms with van der Waals surface area (Å²) >= 11 is 0. The van der Waals surface area contributed by atoms with Gasteiger partial charge >= 0.3 is 0 Å². The molecule has 0 amide bonds. The highest BCUT2D eigenvalue weighted by Crippen LogP contribution is 2.31. The number of nitrogens with zero attached hydrogens (tertiary/aromatic N) is 1. The van der Waals surface area contributed by atoms with Crippen LogP contribution in [0.3, 0.4) is 0 Å². The monoisotopic (exact) mass is 278 g/mol. The number of hydrogen-bond donors (Lipinski definition) is 1. The second-order valence-corrected chi connectivity index (χ2v) is 4.84. The number of nitrogens with one attached hydrogen (secondary N) is 1. The number of fused-ring (bicyclic) bond motifs is 1. The zero-order valence-corrected chi connectivity index (χ0v) is 11.0. The molecule has 0 aliphatic carbocycles. The van der Waals surface area contributed by atoms with E-state index >= 15 is 0 Å². The van der Waals surface area contributed by atoms with Gasteiger partial charge in [-0.15, -0.1) is 0 Å². The van der Waals surface area contributed by atoms with Gasteiger partial charge in [-0.3, -0.25) is 0 Å². The molecule has 0 aliphatic heterocycles. The molecule has 4 heteroatoms. The Bertz CT molecular complexity index is 892. The lowest BCUT2D eigenvalue weighted by atomic mass is 10.0. The Kier molecular flexibility index (Phi) is 2.60. The predicted molar refractivity (Wildman–Crippen MR) is 79.2 cm³/mol. The third-order valence-corrected chi connectivity index (χ3v) is 3.54. The summed E-state index contributed by atoms with van der Waals surface area (Å²) in [6.45, 7) is 0. The number of hydrogen-bond acceptors (Lipinski definition) is 2. The Balaban J connectivity index is 1.89. The molecule has 3 heterocycles. The smallest absolute Gasteiger partial charge is 0.137 e. The van der Waals surface area contributed by atoms with Crippen molar-refractivity contribution in [1.82, 2.24) is 9.97 Å². The molecule has 0 fully saturated rings. The van der Waals surface area contributed by atoms with Gasteiger partial charge in [0, 0.05) is 34.5 Å². The second kappa shape index (κ2) is 4.59. The molecule has 1 aromatic carbocycles. The molecule has 1 N–H and O–H groups in total. The summed E-state index contributed by atoms with van der Waals surface area (Å²) in [5, 5.41) is 1.01. The molecule has 0 spiro atoms. The van der Waals surface area contributed by atoms with Crippen LogP contribution in [0.1, 0.15) is 0 Å². The third-order valence-electron chi connectivity index (χ3n) is 3.54. The van der Waals surface area contributed by atoms with Gasteiger partial charge in [0.2, 0.25) is 0 Å². The van der Waals surface area contributed by atoms with E-state index in [0.29, 0.717) is 0 Å². The molecule has 0 aliphatic rings. The minimum atomic E-state index is -0.242. The average molecular weight is 278 g/mol. The summed E-state index contributed by atoms with van der Waals surface area (Å²) < 4.78 is 18.2. The van der Waals surface area contributed by atoms with Gasteiger partial charge in [0.1, 0.15) is 11.5 Å². The van der Waals surface area contributed by atoms with Crippen LogP contribution in [-0.2, 0) is 0 Å². The molecule has 3 aromatic heterocycles. The third kappa shape index (κ3) is 2.01. The van der Waals surface area contributed by atoms with Crippen molar-refractivity contribution in [2.24, 2.45) is 0 Å². The Morgan fingerprint density at radius 3 is 2.62 bits per heavy atom. The number of aromatic amines is 1. The first-order chi connectivity index (χ1) is 10.3. The highest BCUT2D eigenvalue weighted by atomic mass is 19.1. The van der Waals surface area contributed by atoms with Gasteiger partial charge in [0.15, 0.2) is 0 Å². The Labute approximate surface area is 120 Å². The maximum absolute atomic E-state index is 13.0. The second-order valence-electron chi connectivity index (χ2n) is 4.84. The number of rotatable bonds is 2. The summed E-state index contributed by atoms with van der Waals surface area (Å²) in [6.07, 6.45) is 7.04. The zero-order chi connectivity index (χ0) is 14.2. The minimum absolute atomic E-state index is 0.242. The Hall–Kier alpha value is -2.88. The van der Waals surface area contributed by atoms with Crippen LogP contribution >= 0.6 is 0 Å². The van der Waals surface area contributed by atoms with Gasteiger partial charge in [0.25, 0.3) is 0 Å². The molecule has 0 atom stereocenters. The number of benzene rings is 1. The van der Waals surface area contributed by atoms with Gasteiger partial charge in [0.05, 0.1) is 12.5 Å². The molecule has 0 unspecified atom stereocenters. The summed E-state index contributed by atoms with van der Waals surface area (Å²) in [5.41, 5.74) is 4.74. The van der Waals surface area contributed by atoms with Gasteiger partial charge in [-0.2, -0.15) is 0 Å². The Morgan fingerprint density at radius 2 is 1.86 bits per heavy atom. The number of halogens is 1. The molecule has 0 radical (unpaired) electrons. The number of furan rings is 1. The average Bonchev–Trinajstić information content (AvgIpc) is 3.16. The van der Waals surface area contributed by atoms with Crippen molar-refractivity contribution >= 4 is 11.0 Å².